The van der Waals surface area contributed by atoms with Crippen molar-refractivity contribution in [3.05, 3.63) is 22.4 Å². The number of hydrazine groups is 1. The summed E-state index contributed by atoms with van der Waals surface area (Å²) >= 11 is 1.67. The van der Waals surface area contributed by atoms with Gasteiger partial charge >= 0.3 is 0 Å². The Kier molecular flexibility index (Phi) is 4.07. The van der Waals surface area contributed by atoms with Crippen molar-refractivity contribution in [3.63, 3.8) is 0 Å². The number of ether oxygens (including phenoxy) is 1. The minimum atomic E-state index is -0.287. The molecule has 1 aromatic heterocycles. The third-order valence-electron chi connectivity index (χ3n) is 2.25. The van der Waals surface area contributed by atoms with E-state index in [-0.39, 0.29) is 11.6 Å². The maximum atomic E-state index is 5.67. The Morgan fingerprint density at radius 1 is 1.64 bits per heavy atom. The van der Waals surface area contributed by atoms with Crippen LogP contribution in [0.3, 0.4) is 0 Å². The quantitative estimate of drug-likeness (QED) is 0.582. The summed E-state index contributed by atoms with van der Waals surface area (Å²) in [4.78, 5) is 0. The number of hydrogen-bond acceptors (Lipinski definition) is 4. The third kappa shape index (κ3) is 2.54. The van der Waals surface area contributed by atoms with Crippen LogP contribution in [0.5, 0.6) is 0 Å². The lowest BCUT2D eigenvalue weighted by molar-refractivity contribution is -0.0391. The molecule has 0 saturated heterocycles. The maximum Gasteiger partial charge on any atom is 0.0833 e. The SMILES string of the molecule is CCOC(C)(C)C(NN)c1ccsc1. The fourth-order valence-corrected chi connectivity index (χ4v) is 2.28. The molecule has 0 spiro atoms. The molecule has 0 aliphatic heterocycles. The Labute approximate surface area is 89.2 Å². The molecule has 1 unspecified atom stereocenters. The van der Waals surface area contributed by atoms with Gasteiger partial charge in [-0.25, -0.2) is 0 Å². The Balaban J connectivity index is 2.81. The summed E-state index contributed by atoms with van der Waals surface area (Å²) in [5.41, 5.74) is 3.70. The summed E-state index contributed by atoms with van der Waals surface area (Å²) in [7, 11) is 0. The van der Waals surface area contributed by atoms with Crippen LogP contribution in [0.1, 0.15) is 32.4 Å². The van der Waals surface area contributed by atoms with Crippen LogP contribution < -0.4 is 11.3 Å². The molecule has 0 radical (unpaired) electrons. The second-order valence-electron chi connectivity index (χ2n) is 3.69. The van der Waals surface area contributed by atoms with E-state index >= 15 is 0 Å². The molecule has 0 aromatic carbocycles. The zero-order chi connectivity index (χ0) is 10.6. The zero-order valence-corrected chi connectivity index (χ0v) is 9.73. The first-order chi connectivity index (χ1) is 6.61. The second kappa shape index (κ2) is 4.89. The van der Waals surface area contributed by atoms with E-state index in [1.807, 2.05) is 26.2 Å². The summed E-state index contributed by atoms with van der Waals surface area (Å²) in [5.74, 6) is 5.56. The van der Waals surface area contributed by atoms with Gasteiger partial charge in [-0.1, -0.05) is 0 Å². The van der Waals surface area contributed by atoms with Crippen molar-refractivity contribution in [2.45, 2.75) is 32.4 Å². The molecule has 4 heteroatoms. The van der Waals surface area contributed by atoms with Crippen molar-refractivity contribution in [3.8, 4) is 0 Å². The van der Waals surface area contributed by atoms with E-state index in [1.54, 1.807) is 11.3 Å². The monoisotopic (exact) mass is 214 g/mol. The summed E-state index contributed by atoms with van der Waals surface area (Å²) in [6.45, 7) is 6.76. The highest BCUT2D eigenvalue weighted by atomic mass is 32.1. The van der Waals surface area contributed by atoms with Gasteiger partial charge in [0.15, 0.2) is 0 Å². The molecule has 0 amide bonds. The standard InChI is InChI=1S/C10H18N2OS/c1-4-13-10(2,3)9(12-11)8-5-6-14-7-8/h5-7,9,12H,4,11H2,1-3H3. The average molecular weight is 214 g/mol. The molecule has 1 aromatic rings. The van der Waals surface area contributed by atoms with E-state index in [2.05, 4.69) is 16.9 Å². The molecule has 1 atom stereocenters. The Morgan fingerprint density at radius 2 is 2.36 bits per heavy atom. The molecule has 1 rings (SSSR count). The number of thiophene rings is 1. The first-order valence-corrected chi connectivity index (χ1v) is 5.68. The molecule has 1 heterocycles. The minimum Gasteiger partial charge on any atom is -0.374 e. The molecule has 0 aliphatic carbocycles. The molecule has 0 aliphatic rings. The van der Waals surface area contributed by atoms with Crippen LogP contribution >= 0.6 is 11.3 Å². The van der Waals surface area contributed by atoms with Crippen molar-refractivity contribution >= 4 is 11.3 Å². The van der Waals surface area contributed by atoms with Crippen LogP contribution in [0.2, 0.25) is 0 Å². The molecular weight excluding hydrogens is 196 g/mol. The predicted octanol–water partition coefficient (Wildman–Crippen LogP) is 2.07. The van der Waals surface area contributed by atoms with Crippen LogP contribution in [0.4, 0.5) is 0 Å². The van der Waals surface area contributed by atoms with Gasteiger partial charge < -0.3 is 4.74 Å². The lowest BCUT2D eigenvalue weighted by Crippen LogP contribution is -2.44. The first-order valence-electron chi connectivity index (χ1n) is 4.74. The first kappa shape index (κ1) is 11.7. The number of hydrogen-bond donors (Lipinski definition) is 2. The normalized spacial score (nSPS) is 14.3. The van der Waals surface area contributed by atoms with Gasteiger partial charge in [-0.2, -0.15) is 11.3 Å². The molecule has 14 heavy (non-hydrogen) atoms. The van der Waals surface area contributed by atoms with Gasteiger partial charge in [0, 0.05) is 6.61 Å². The van der Waals surface area contributed by atoms with Crippen LogP contribution in [0, 0.1) is 0 Å². The van der Waals surface area contributed by atoms with Gasteiger partial charge in [0.25, 0.3) is 0 Å². The fraction of sp³-hybridized carbons (Fsp3) is 0.600. The minimum absolute atomic E-state index is 0.0358. The van der Waals surface area contributed by atoms with Crippen molar-refractivity contribution in [2.24, 2.45) is 5.84 Å². The number of nitrogens with two attached hydrogens (primary N) is 1. The lowest BCUT2D eigenvalue weighted by atomic mass is 9.94. The van der Waals surface area contributed by atoms with Gasteiger partial charge in [-0.3, -0.25) is 11.3 Å². The van der Waals surface area contributed by atoms with Crippen LogP contribution in [0.15, 0.2) is 16.8 Å². The number of nitrogens with one attached hydrogen (secondary N) is 1. The number of rotatable bonds is 5. The average Bonchev–Trinajstić information content (AvgIpc) is 2.57. The van der Waals surface area contributed by atoms with Gasteiger partial charge in [0.05, 0.1) is 11.6 Å². The van der Waals surface area contributed by atoms with Crippen molar-refractivity contribution in [1.82, 2.24) is 5.43 Å². The summed E-state index contributed by atoms with van der Waals surface area (Å²) < 4.78 is 5.67. The topological polar surface area (TPSA) is 47.3 Å². The fourth-order valence-electron chi connectivity index (χ4n) is 1.59. The Morgan fingerprint density at radius 3 is 2.79 bits per heavy atom. The summed E-state index contributed by atoms with van der Waals surface area (Å²) in [6, 6.07) is 2.10. The van der Waals surface area contributed by atoms with Gasteiger partial charge in [0.2, 0.25) is 0 Å². The Bertz CT molecular complexity index is 259. The van der Waals surface area contributed by atoms with E-state index < -0.39 is 0 Å². The zero-order valence-electron chi connectivity index (χ0n) is 8.91. The lowest BCUT2D eigenvalue weighted by Gasteiger charge is -2.33. The van der Waals surface area contributed by atoms with Crippen LogP contribution in [-0.4, -0.2) is 12.2 Å². The van der Waals surface area contributed by atoms with E-state index in [0.29, 0.717) is 6.61 Å². The van der Waals surface area contributed by atoms with E-state index in [9.17, 15) is 0 Å². The van der Waals surface area contributed by atoms with Crippen molar-refractivity contribution in [2.75, 3.05) is 6.61 Å². The molecular formula is C10H18N2OS. The van der Waals surface area contributed by atoms with E-state index in [4.69, 9.17) is 10.6 Å². The van der Waals surface area contributed by atoms with E-state index in [1.165, 1.54) is 5.56 Å². The summed E-state index contributed by atoms with van der Waals surface area (Å²) in [5, 5.41) is 4.13. The molecule has 80 valence electrons. The van der Waals surface area contributed by atoms with Crippen molar-refractivity contribution < 1.29 is 4.74 Å². The third-order valence-corrected chi connectivity index (χ3v) is 2.96. The maximum absolute atomic E-state index is 5.67. The largest absolute Gasteiger partial charge is 0.374 e. The smallest absolute Gasteiger partial charge is 0.0833 e. The van der Waals surface area contributed by atoms with Crippen LogP contribution in [-0.2, 0) is 4.74 Å². The van der Waals surface area contributed by atoms with Gasteiger partial charge in [0.1, 0.15) is 0 Å². The van der Waals surface area contributed by atoms with Crippen LogP contribution in [0.25, 0.3) is 0 Å². The van der Waals surface area contributed by atoms with E-state index in [0.717, 1.165) is 0 Å². The Hall–Kier alpha value is -0.420. The molecule has 0 saturated carbocycles. The molecule has 0 bridgehead atoms. The molecule has 3 nitrogen and oxygen atoms in total. The predicted molar refractivity (Wildman–Crippen MR) is 60.1 cm³/mol. The highest BCUT2D eigenvalue weighted by molar-refractivity contribution is 7.07. The van der Waals surface area contributed by atoms with Gasteiger partial charge in [-0.05, 0) is 43.2 Å². The highest BCUT2D eigenvalue weighted by Crippen LogP contribution is 2.29. The second-order valence-corrected chi connectivity index (χ2v) is 4.47. The molecule has 3 N–H and O–H groups in total. The molecule has 0 fully saturated rings. The van der Waals surface area contributed by atoms with Crippen molar-refractivity contribution in [1.29, 1.82) is 0 Å². The van der Waals surface area contributed by atoms with Gasteiger partial charge in [-0.15, -0.1) is 0 Å². The summed E-state index contributed by atoms with van der Waals surface area (Å²) in [6.07, 6.45) is 0. The highest BCUT2D eigenvalue weighted by Gasteiger charge is 2.30.